The number of aromatic nitrogens is 2. The number of nitrogens with one attached hydrogen (secondary N) is 1. The lowest BCUT2D eigenvalue weighted by atomic mass is 9.89. The van der Waals surface area contributed by atoms with Crippen molar-refractivity contribution in [1.29, 1.82) is 0 Å². The minimum absolute atomic E-state index is 0.0248. The molecule has 0 aliphatic carbocycles. The van der Waals surface area contributed by atoms with Crippen molar-refractivity contribution in [3.05, 3.63) is 18.5 Å². The summed E-state index contributed by atoms with van der Waals surface area (Å²) < 4.78 is 7.69. The maximum Gasteiger partial charge on any atom is 0.317 e. The molecule has 8 heteroatoms. The number of urea groups is 1. The molecule has 1 aromatic heterocycles. The second-order valence-electron chi connectivity index (χ2n) is 7.12. The molecular weight excluding hydrogens is 322 g/mol. The Morgan fingerprint density at radius 1 is 1.44 bits per heavy atom. The number of likely N-dealkylation sites (tertiary alicyclic amines) is 1. The zero-order valence-electron chi connectivity index (χ0n) is 15.0. The molecule has 2 aliphatic heterocycles. The summed E-state index contributed by atoms with van der Waals surface area (Å²) in [5, 5.41) is 7.23. The highest BCUT2D eigenvalue weighted by Gasteiger charge is 2.42. The van der Waals surface area contributed by atoms with Gasteiger partial charge in [-0.15, -0.1) is 0 Å². The second-order valence-corrected chi connectivity index (χ2v) is 7.12. The van der Waals surface area contributed by atoms with Crippen molar-refractivity contribution in [3.8, 4) is 0 Å². The van der Waals surface area contributed by atoms with E-state index in [-0.39, 0.29) is 30.2 Å². The Bertz CT molecular complexity index is 595. The number of morpholine rings is 1. The number of hydrogen-bond donors (Lipinski definition) is 1. The molecular formula is C17H27N5O3. The molecule has 8 nitrogen and oxygen atoms in total. The number of likely N-dealkylation sites (N-methyl/N-ethyl adjacent to an activating group) is 1. The number of aryl methyl sites for hydroxylation is 1. The summed E-state index contributed by atoms with van der Waals surface area (Å²) >= 11 is 0. The number of nitrogens with zero attached hydrogens (tertiary/aromatic N) is 4. The molecule has 0 bridgehead atoms. The molecule has 1 aromatic rings. The van der Waals surface area contributed by atoms with Gasteiger partial charge in [0.05, 0.1) is 5.60 Å². The Labute approximate surface area is 148 Å². The molecule has 3 amide bonds. The van der Waals surface area contributed by atoms with Crippen LogP contribution < -0.4 is 5.32 Å². The average Bonchev–Trinajstić information content (AvgIpc) is 3.11. The van der Waals surface area contributed by atoms with Gasteiger partial charge in [0.25, 0.3) is 0 Å². The number of hydrogen-bond acceptors (Lipinski definition) is 4. The zero-order chi connectivity index (χ0) is 17.9. The molecule has 2 saturated heterocycles. The van der Waals surface area contributed by atoms with E-state index in [4.69, 9.17) is 4.74 Å². The molecule has 0 unspecified atom stereocenters. The van der Waals surface area contributed by atoms with Crippen LogP contribution in [0.25, 0.3) is 0 Å². The molecule has 0 radical (unpaired) electrons. The third-order valence-electron chi connectivity index (χ3n) is 5.14. The van der Waals surface area contributed by atoms with Crippen LogP contribution in [0.4, 0.5) is 4.79 Å². The van der Waals surface area contributed by atoms with Gasteiger partial charge in [-0.05, 0) is 32.3 Å². The Hall–Kier alpha value is -2.09. The SMILES string of the molecule is C[C@@H](CCn1cccn1)NC(=O)N1CCC2(CC1)CN(C)C(=O)CO2. The molecule has 3 rings (SSSR count). The van der Waals surface area contributed by atoms with E-state index in [2.05, 4.69) is 10.4 Å². The van der Waals surface area contributed by atoms with Gasteiger partial charge >= 0.3 is 6.03 Å². The molecule has 0 saturated carbocycles. The van der Waals surface area contributed by atoms with E-state index in [1.807, 2.05) is 35.8 Å². The summed E-state index contributed by atoms with van der Waals surface area (Å²) in [6, 6.07) is 1.95. The van der Waals surface area contributed by atoms with Crippen LogP contribution >= 0.6 is 0 Å². The quantitative estimate of drug-likeness (QED) is 0.868. The van der Waals surface area contributed by atoms with Gasteiger partial charge in [0, 0.05) is 51.7 Å². The number of rotatable bonds is 4. The molecule has 1 spiro atoms. The molecule has 0 aromatic carbocycles. The highest BCUT2D eigenvalue weighted by atomic mass is 16.5. The highest BCUT2D eigenvalue weighted by Crippen LogP contribution is 2.30. The largest absolute Gasteiger partial charge is 0.363 e. The first kappa shape index (κ1) is 17.7. The molecule has 3 heterocycles. The molecule has 2 fully saturated rings. The van der Waals surface area contributed by atoms with E-state index in [1.165, 1.54) is 0 Å². The fourth-order valence-electron chi connectivity index (χ4n) is 3.44. The van der Waals surface area contributed by atoms with Gasteiger partial charge in [0.2, 0.25) is 5.91 Å². The van der Waals surface area contributed by atoms with Gasteiger partial charge in [-0.25, -0.2) is 4.79 Å². The Morgan fingerprint density at radius 3 is 2.84 bits per heavy atom. The number of amides is 3. The lowest BCUT2D eigenvalue weighted by molar-refractivity contribution is -0.167. The smallest absolute Gasteiger partial charge is 0.317 e. The van der Waals surface area contributed by atoms with Crippen LogP contribution in [0.5, 0.6) is 0 Å². The lowest BCUT2D eigenvalue weighted by Crippen LogP contribution is -2.59. The Morgan fingerprint density at radius 2 is 2.20 bits per heavy atom. The van der Waals surface area contributed by atoms with E-state index < -0.39 is 0 Å². The number of ether oxygens (including phenoxy) is 1. The van der Waals surface area contributed by atoms with Crippen molar-refractivity contribution < 1.29 is 14.3 Å². The fourth-order valence-corrected chi connectivity index (χ4v) is 3.44. The van der Waals surface area contributed by atoms with Crippen molar-refractivity contribution in [2.45, 2.75) is 44.4 Å². The van der Waals surface area contributed by atoms with Crippen molar-refractivity contribution in [2.75, 3.05) is 33.3 Å². The van der Waals surface area contributed by atoms with Gasteiger partial charge in [-0.3, -0.25) is 9.48 Å². The van der Waals surface area contributed by atoms with Crippen molar-refractivity contribution in [1.82, 2.24) is 24.9 Å². The minimum atomic E-state index is -0.287. The maximum atomic E-state index is 12.4. The molecule has 138 valence electrons. The summed E-state index contributed by atoms with van der Waals surface area (Å²) in [7, 11) is 1.81. The first-order chi connectivity index (χ1) is 12.0. The maximum absolute atomic E-state index is 12.4. The van der Waals surface area contributed by atoms with Gasteiger partial charge in [-0.2, -0.15) is 5.10 Å². The normalized spacial score (nSPS) is 21.4. The van der Waals surface area contributed by atoms with E-state index in [0.29, 0.717) is 19.6 Å². The van der Waals surface area contributed by atoms with Gasteiger partial charge in [0.15, 0.2) is 0 Å². The standard InChI is InChI=1S/C17H27N5O3/c1-14(4-9-22-8-3-7-18-22)19-16(24)21-10-5-17(6-11-21)13-20(2)15(23)12-25-17/h3,7-8,14H,4-6,9-13H2,1-2H3,(H,19,24)/t14-/m0/s1. The summed E-state index contributed by atoms with van der Waals surface area (Å²) in [5.74, 6) is 0.0248. The van der Waals surface area contributed by atoms with Crippen LogP contribution in [0.2, 0.25) is 0 Å². The zero-order valence-corrected chi connectivity index (χ0v) is 15.0. The van der Waals surface area contributed by atoms with Crippen LogP contribution in [-0.2, 0) is 16.1 Å². The topological polar surface area (TPSA) is 79.7 Å². The average molecular weight is 349 g/mol. The van der Waals surface area contributed by atoms with Crippen LogP contribution in [0.3, 0.4) is 0 Å². The first-order valence-corrected chi connectivity index (χ1v) is 8.88. The van der Waals surface area contributed by atoms with Crippen LogP contribution in [0, 0.1) is 0 Å². The monoisotopic (exact) mass is 349 g/mol. The predicted octanol–water partition coefficient (Wildman–Crippen LogP) is 0.695. The van der Waals surface area contributed by atoms with E-state index in [0.717, 1.165) is 25.8 Å². The third-order valence-corrected chi connectivity index (χ3v) is 5.14. The van der Waals surface area contributed by atoms with Gasteiger partial charge in [0.1, 0.15) is 6.61 Å². The van der Waals surface area contributed by atoms with E-state index >= 15 is 0 Å². The molecule has 2 aliphatic rings. The predicted molar refractivity (Wildman–Crippen MR) is 92.0 cm³/mol. The van der Waals surface area contributed by atoms with Crippen LogP contribution in [0.1, 0.15) is 26.2 Å². The first-order valence-electron chi connectivity index (χ1n) is 8.88. The number of carbonyl (C=O) groups excluding carboxylic acids is 2. The van der Waals surface area contributed by atoms with Crippen molar-refractivity contribution >= 4 is 11.9 Å². The Balaban J connectivity index is 1.43. The van der Waals surface area contributed by atoms with Gasteiger partial charge < -0.3 is 19.9 Å². The summed E-state index contributed by atoms with van der Waals surface area (Å²) in [5.41, 5.74) is -0.287. The van der Waals surface area contributed by atoms with Crippen LogP contribution in [0.15, 0.2) is 18.5 Å². The summed E-state index contributed by atoms with van der Waals surface area (Å²) in [6.07, 6.45) is 6.04. The lowest BCUT2D eigenvalue weighted by Gasteiger charge is -2.46. The minimum Gasteiger partial charge on any atom is -0.363 e. The fraction of sp³-hybridized carbons (Fsp3) is 0.706. The van der Waals surface area contributed by atoms with Gasteiger partial charge in [-0.1, -0.05) is 0 Å². The molecule has 25 heavy (non-hydrogen) atoms. The molecule has 1 N–H and O–H groups in total. The number of piperidine rings is 1. The van der Waals surface area contributed by atoms with E-state index in [1.54, 1.807) is 11.1 Å². The second kappa shape index (κ2) is 7.43. The Kier molecular flexibility index (Phi) is 5.27. The van der Waals surface area contributed by atoms with E-state index in [9.17, 15) is 9.59 Å². The third kappa shape index (κ3) is 4.31. The van der Waals surface area contributed by atoms with Crippen molar-refractivity contribution in [2.24, 2.45) is 0 Å². The molecule has 1 atom stereocenters. The highest BCUT2D eigenvalue weighted by molar-refractivity contribution is 5.78. The van der Waals surface area contributed by atoms with Crippen molar-refractivity contribution in [3.63, 3.8) is 0 Å². The number of carbonyl (C=O) groups is 2. The van der Waals surface area contributed by atoms with Crippen LogP contribution in [-0.4, -0.2) is 76.5 Å². The summed E-state index contributed by atoms with van der Waals surface area (Å²) in [4.78, 5) is 27.6. The summed E-state index contributed by atoms with van der Waals surface area (Å²) in [6.45, 7) is 4.86.